The Bertz CT molecular complexity index is 497. The largest absolute Gasteiger partial charge is 0.490 e. The van der Waals surface area contributed by atoms with Crippen LogP contribution >= 0.6 is 0 Å². The van der Waals surface area contributed by atoms with E-state index in [1.165, 1.54) is 19.2 Å². The molecule has 1 aliphatic carbocycles. The molecule has 20 heavy (non-hydrogen) atoms. The van der Waals surface area contributed by atoms with Gasteiger partial charge in [-0.05, 0) is 25.0 Å². The zero-order chi connectivity index (χ0) is 14.8. The lowest BCUT2D eigenvalue weighted by molar-refractivity contribution is -0.385. The first-order chi connectivity index (χ1) is 9.41. The number of halogens is 2. The van der Waals surface area contributed by atoms with Gasteiger partial charge in [-0.3, -0.25) is 10.1 Å². The van der Waals surface area contributed by atoms with E-state index in [9.17, 15) is 18.9 Å². The first-order valence-electron chi connectivity index (χ1n) is 6.28. The summed E-state index contributed by atoms with van der Waals surface area (Å²) in [6.45, 7) is 0. The standard InChI is InChI=1S/C13H15F2NO4/c1-19-12-3-2-10(8-11(12)16(17)18)20-9-4-6-13(14,15)7-5-9/h2-3,8-9H,4-7H2,1H3. The molecule has 0 atom stereocenters. The van der Waals surface area contributed by atoms with Crippen LogP contribution in [-0.2, 0) is 0 Å². The van der Waals surface area contributed by atoms with Gasteiger partial charge < -0.3 is 9.47 Å². The number of nitro groups is 1. The van der Waals surface area contributed by atoms with Gasteiger partial charge in [-0.15, -0.1) is 0 Å². The summed E-state index contributed by atoms with van der Waals surface area (Å²) in [5.74, 6) is -2.18. The van der Waals surface area contributed by atoms with Crippen LogP contribution in [0.3, 0.4) is 0 Å². The van der Waals surface area contributed by atoms with Crippen molar-refractivity contribution in [2.24, 2.45) is 0 Å². The number of hydrogen-bond acceptors (Lipinski definition) is 4. The fourth-order valence-corrected chi connectivity index (χ4v) is 2.21. The summed E-state index contributed by atoms with van der Waals surface area (Å²) in [5.41, 5.74) is -0.203. The van der Waals surface area contributed by atoms with E-state index in [0.717, 1.165) is 0 Å². The molecule has 0 saturated heterocycles. The highest BCUT2D eigenvalue weighted by Gasteiger charge is 2.35. The Kier molecular flexibility index (Phi) is 4.06. The third-order valence-corrected chi connectivity index (χ3v) is 3.31. The number of nitrogens with zero attached hydrogens (tertiary/aromatic N) is 1. The Morgan fingerprint density at radius 1 is 1.35 bits per heavy atom. The summed E-state index contributed by atoms with van der Waals surface area (Å²) in [5, 5.41) is 10.9. The van der Waals surface area contributed by atoms with Gasteiger partial charge in [0.15, 0.2) is 5.75 Å². The molecule has 0 heterocycles. The van der Waals surface area contributed by atoms with Crippen molar-refractivity contribution >= 4 is 5.69 Å². The van der Waals surface area contributed by atoms with Crippen LogP contribution < -0.4 is 9.47 Å². The van der Waals surface area contributed by atoms with Crippen LogP contribution in [0.1, 0.15) is 25.7 Å². The smallest absolute Gasteiger partial charge is 0.314 e. The van der Waals surface area contributed by atoms with Gasteiger partial charge in [0.2, 0.25) is 5.92 Å². The second-order valence-corrected chi connectivity index (χ2v) is 4.76. The summed E-state index contributed by atoms with van der Waals surface area (Å²) in [4.78, 5) is 10.3. The minimum Gasteiger partial charge on any atom is -0.490 e. The van der Waals surface area contributed by atoms with Crippen LogP contribution in [0.25, 0.3) is 0 Å². The van der Waals surface area contributed by atoms with Gasteiger partial charge in [-0.25, -0.2) is 8.78 Å². The van der Waals surface area contributed by atoms with Gasteiger partial charge >= 0.3 is 5.69 Å². The first-order valence-corrected chi connectivity index (χ1v) is 6.28. The Balaban J connectivity index is 2.07. The van der Waals surface area contributed by atoms with E-state index in [0.29, 0.717) is 5.75 Å². The maximum Gasteiger partial charge on any atom is 0.314 e. The molecule has 2 rings (SSSR count). The third kappa shape index (κ3) is 3.34. The number of benzene rings is 1. The Hall–Kier alpha value is -1.92. The van der Waals surface area contributed by atoms with Crippen molar-refractivity contribution in [3.05, 3.63) is 28.3 Å². The Labute approximate surface area is 114 Å². The van der Waals surface area contributed by atoms with Crippen molar-refractivity contribution in [1.82, 2.24) is 0 Å². The molecule has 0 aromatic heterocycles. The fraction of sp³-hybridized carbons (Fsp3) is 0.538. The molecule has 5 nitrogen and oxygen atoms in total. The maximum atomic E-state index is 13.0. The van der Waals surface area contributed by atoms with Gasteiger partial charge in [-0.1, -0.05) is 0 Å². The lowest BCUT2D eigenvalue weighted by atomic mass is 9.94. The monoisotopic (exact) mass is 287 g/mol. The van der Waals surface area contributed by atoms with E-state index in [-0.39, 0.29) is 43.2 Å². The molecule has 0 amide bonds. The topological polar surface area (TPSA) is 61.6 Å². The lowest BCUT2D eigenvalue weighted by Gasteiger charge is -2.28. The Morgan fingerprint density at radius 2 is 2.00 bits per heavy atom. The van der Waals surface area contributed by atoms with Crippen molar-refractivity contribution in [2.45, 2.75) is 37.7 Å². The van der Waals surface area contributed by atoms with Crippen LogP contribution in [0.2, 0.25) is 0 Å². The van der Waals surface area contributed by atoms with Gasteiger partial charge in [0.05, 0.1) is 24.2 Å². The summed E-state index contributed by atoms with van der Waals surface area (Å²) < 4.78 is 36.5. The molecule has 7 heteroatoms. The molecule has 0 aliphatic heterocycles. The van der Waals surface area contributed by atoms with Crippen molar-refractivity contribution < 1.29 is 23.2 Å². The van der Waals surface area contributed by atoms with Crippen LogP contribution in [0.4, 0.5) is 14.5 Å². The summed E-state index contributed by atoms with van der Waals surface area (Å²) in [6, 6.07) is 4.23. The highest BCUT2D eigenvalue weighted by atomic mass is 19.3. The van der Waals surface area contributed by atoms with Crippen molar-refractivity contribution in [1.29, 1.82) is 0 Å². The molecule has 0 unspecified atom stereocenters. The molecular formula is C13H15F2NO4. The molecule has 1 aromatic rings. The second-order valence-electron chi connectivity index (χ2n) is 4.76. The third-order valence-electron chi connectivity index (χ3n) is 3.31. The molecule has 1 fully saturated rings. The highest BCUT2D eigenvalue weighted by Crippen LogP contribution is 2.36. The fourth-order valence-electron chi connectivity index (χ4n) is 2.21. The van der Waals surface area contributed by atoms with Crippen LogP contribution in [0, 0.1) is 10.1 Å². The predicted octanol–water partition coefficient (Wildman–Crippen LogP) is 3.56. The van der Waals surface area contributed by atoms with Crippen molar-refractivity contribution in [2.75, 3.05) is 7.11 Å². The van der Waals surface area contributed by atoms with Gasteiger partial charge in [0.25, 0.3) is 0 Å². The zero-order valence-corrected chi connectivity index (χ0v) is 11.0. The van der Waals surface area contributed by atoms with E-state index in [2.05, 4.69) is 0 Å². The van der Waals surface area contributed by atoms with Gasteiger partial charge in [0, 0.05) is 12.8 Å². The average molecular weight is 287 g/mol. The van der Waals surface area contributed by atoms with Gasteiger partial charge in [0.1, 0.15) is 5.75 Å². The van der Waals surface area contributed by atoms with E-state index < -0.39 is 10.8 Å². The minimum atomic E-state index is -2.62. The quantitative estimate of drug-likeness (QED) is 0.627. The molecule has 0 bridgehead atoms. The van der Waals surface area contributed by atoms with E-state index in [1.807, 2.05) is 0 Å². The van der Waals surface area contributed by atoms with E-state index >= 15 is 0 Å². The molecule has 1 aromatic carbocycles. The normalized spacial score (nSPS) is 18.6. The van der Waals surface area contributed by atoms with Crippen molar-refractivity contribution in [3.8, 4) is 11.5 Å². The van der Waals surface area contributed by atoms with Gasteiger partial charge in [-0.2, -0.15) is 0 Å². The van der Waals surface area contributed by atoms with Crippen LogP contribution in [0.15, 0.2) is 18.2 Å². The van der Waals surface area contributed by atoms with Crippen LogP contribution in [0.5, 0.6) is 11.5 Å². The molecular weight excluding hydrogens is 272 g/mol. The Morgan fingerprint density at radius 3 is 2.55 bits per heavy atom. The minimum absolute atomic E-state index is 0.137. The molecule has 0 spiro atoms. The summed E-state index contributed by atoms with van der Waals surface area (Å²) >= 11 is 0. The van der Waals surface area contributed by atoms with E-state index in [4.69, 9.17) is 9.47 Å². The van der Waals surface area contributed by atoms with Crippen molar-refractivity contribution in [3.63, 3.8) is 0 Å². The highest BCUT2D eigenvalue weighted by molar-refractivity contribution is 5.50. The number of rotatable bonds is 4. The molecule has 110 valence electrons. The molecule has 1 aliphatic rings. The lowest BCUT2D eigenvalue weighted by Crippen LogP contribution is -2.30. The number of alkyl halides is 2. The summed E-state index contributed by atoms with van der Waals surface area (Å²) in [6.07, 6.45) is -0.270. The second kappa shape index (κ2) is 5.60. The zero-order valence-electron chi connectivity index (χ0n) is 11.0. The summed E-state index contributed by atoms with van der Waals surface area (Å²) in [7, 11) is 1.34. The average Bonchev–Trinajstić information content (AvgIpc) is 2.41. The SMILES string of the molecule is COc1ccc(OC2CCC(F)(F)CC2)cc1[N+](=O)[O-]. The molecule has 0 radical (unpaired) electrons. The number of nitro benzene ring substituents is 1. The number of ether oxygens (including phenoxy) is 2. The predicted molar refractivity (Wildman–Crippen MR) is 67.5 cm³/mol. The number of methoxy groups -OCH3 is 1. The van der Waals surface area contributed by atoms with E-state index in [1.54, 1.807) is 6.07 Å². The number of hydrogen-bond donors (Lipinski definition) is 0. The molecule has 1 saturated carbocycles. The molecule has 0 N–H and O–H groups in total. The maximum absolute atomic E-state index is 13.0. The first kappa shape index (κ1) is 14.5. The van der Waals surface area contributed by atoms with Crippen LogP contribution in [-0.4, -0.2) is 24.1 Å².